The quantitative estimate of drug-likeness (QED) is 0.519. The maximum atomic E-state index is 11.0. The minimum absolute atomic E-state index is 0.172. The number of para-hydroxylation sites is 1. The fourth-order valence-corrected chi connectivity index (χ4v) is 0.765. The first-order chi connectivity index (χ1) is 6.61. The maximum Gasteiger partial charge on any atom is 0.547 e. The topological polar surface area (TPSA) is 93.1 Å². The van der Waals surface area contributed by atoms with Crippen LogP contribution in [0.5, 0.6) is 5.75 Å². The maximum absolute atomic E-state index is 11.0. The van der Waals surface area contributed by atoms with Crippen LogP contribution in [-0.4, -0.2) is 22.3 Å². The molecule has 0 radical (unpaired) electrons. The molecule has 0 unspecified atom stereocenters. The molecule has 0 amide bonds. The van der Waals surface area contributed by atoms with Crippen molar-refractivity contribution in [3.63, 3.8) is 0 Å². The van der Waals surface area contributed by atoms with Gasteiger partial charge >= 0.3 is 12.1 Å². The summed E-state index contributed by atoms with van der Waals surface area (Å²) in [5, 5.41) is 17.2. The van der Waals surface area contributed by atoms with Crippen molar-refractivity contribution in [1.82, 2.24) is 0 Å². The first-order valence-corrected chi connectivity index (χ1v) is 3.51. The summed E-state index contributed by atoms with van der Waals surface area (Å²) < 4.78 is 0. The van der Waals surface area contributed by atoms with E-state index < -0.39 is 12.1 Å². The Balaban J connectivity index is 2.70. The van der Waals surface area contributed by atoms with Gasteiger partial charge in [0.15, 0.2) is 0 Å². The van der Waals surface area contributed by atoms with Gasteiger partial charge in [-0.3, -0.25) is 0 Å². The third kappa shape index (κ3) is 2.37. The summed E-state index contributed by atoms with van der Waals surface area (Å²) >= 11 is 0. The molecule has 74 valence electrons. The molecule has 0 aliphatic carbocycles. The highest BCUT2D eigenvalue weighted by Crippen LogP contribution is 2.16. The van der Waals surface area contributed by atoms with E-state index in [1.807, 2.05) is 0 Å². The van der Waals surface area contributed by atoms with Gasteiger partial charge in [0.05, 0.1) is 0 Å². The lowest BCUT2D eigenvalue weighted by molar-refractivity contribution is -0.198. The van der Waals surface area contributed by atoms with E-state index in [1.165, 1.54) is 24.3 Å². The number of carbonyl (C=O) groups excluding carboxylic acids is 1. The van der Waals surface area contributed by atoms with Gasteiger partial charge in [-0.25, -0.2) is 19.4 Å². The molecule has 0 aliphatic rings. The molecule has 6 heteroatoms. The predicted octanol–water partition coefficient (Wildman–Crippen LogP) is 1.16. The average Bonchev–Trinajstić information content (AvgIpc) is 2.15. The summed E-state index contributed by atoms with van der Waals surface area (Å²) in [6, 6.07) is 5.52. The molecule has 6 nitrogen and oxygen atoms in total. The third-order valence-electron chi connectivity index (χ3n) is 1.31. The number of carbonyl (C=O) groups is 2. The van der Waals surface area contributed by atoms with Crippen molar-refractivity contribution in [2.24, 2.45) is 0 Å². The summed E-state index contributed by atoms with van der Waals surface area (Å²) in [5.41, 5.74) is -0.172. The molecular weight excluding hydrogens is 192 g/mol. The lowest BCUT2D eigenvalue weighted by Gasteiger charge is -2.01. The summed E-state index contributed by atoms with van der Waals surface area (Å²) in [7, 11) is 0. The fraction of sp³-hybridized carbons (Fsp3) is 0. The molecule has 0 spiro atoms. The Kier molecular flexibility index (Phi) is 2.90. The highest BCUT2D eigenvalue weighted by molar-refractivity contribution is 5.92. The normalized spacial score (nSPS) is 9.14. The van der Waals surface area contributed by atoms with E-state index in [-0.39, 0.29) is 11.3 Å². The van der Waals surface area contributed by atoms with E-state index in [9.17, 15) is 9.59 Å². The van der Waals surface area contributed by atoms with Crippen molar-refractivity contribution in [2.45, 2.75) is 0 Å². The third-order valence-corrected chi connectivity index (χ3v) is 1.31. The molecule has 1 rings (SSSR count). The second-order valence-electron chi connectivity index (χ2n) is 2.24. The molecule has 0 bridgehead atoms. The largest absolute Gasteiger partial charge is 0.547 e. The molecule has 14 heavy (non-hydrogen) atoms. The van der Waals surface area contributed by atoms with Gasteiger partial charge in [0.2, 0.25) is 0 Å². The average molecular weight is 198 g/mol. The van der Waals surface area contributed by atoms with Gasteiger partial charge in [-0.15, -0.1) is 0 Å². The lowest BCUT2D eigenvalue weighted by atomic mass is 10.2. The Morgan fingerprint density at radius 3 is 2.36 bits per heavy atom. The van der Waals surface area contributed by atoms with Crippen LogP contribution >= 0.6 is 0 Å². The molecule has 0 aliphatic heterocycles. The number of hydrogen-bond donors (Lipinski definition) is 2. The van der Waals surface area contributed by atoms with Crippen LogP contribution < -0.4 is 0 Å². The summed E-state index contributed by atoms with van der Waals surface area (Å²) in [6.07, 6.45) is -1.74. The van der Waals surface area contributed by atoms with Crippen molar-refractivity contribution in [2.75, 3.05) is 0 Å². The number of phenolic OH excluding ortho intramolecular Hbond substituents is 1. The number of aromatic hydroxyl groups is 1. The molecule has 0 aromatic heterocycles. The first kappa shape index (κ1) is 9.85. The minimum Gasteiger partial charge on any atom is -0.507 e. The second-order valence-corrected chi connectivity index (χ2v) is 2.24. The zero-order valence-electron chi connectivity index (χ0n) is 6.84. The number of hydrogen-bond acceptors (Lipinski definition) is 5. The van der Waals surface area contributed by atoms with Gasteiger partial charge in [-0.1, -0.05) is 12.1 Å². The molecule has 0 atom stereocenters. The van der Waals surface area contributed by atoms with Crippen LogP contribution in [0.2, 0.25) is 0 Å². The first-order valence-electron chi connectivity index (χ1n) is 3.51. The predicted molar refractivity (Wildman–Crippen MR) is 42.6 cm³/mol. The summed E-state index contributed by atoms with van der Waals surface area (Å²) in [6.45, 7) is 0. The molecule has 0 heterocycles. The number of phenols is 1. The van der Waals surface area contributed by atoms with E-state index in [4.69, 9.17) is 10.2 Å². The van der Waals surface area contributed by atoms with Crippen LogP contribution in [0.25, 0.3) is 0 Å². The highest BCUT2D eigenvalue weighted by atomic mass is 17.2. The van der Waals surface area contributed by atoms with Crippen LogP contribution in [-0.2, 0) is 9.78 Å². The van der Waals surface area contributed by atoms with Crippen LogP contribution in [0.4, 0.5) is 4.79 Å². The Hall–Kier alpha value is -2.24. The van der Waals surface area contributed by atoms with Gasteiger partial charge in [-0.05, 0) is 12.1 Å². The second kappa shape index (κ2) is 4.13. The smallest absolute Gasteiger partial charge is 0.507 e. The highest BCUT2D eigenvalue weighted by Gasteiger charge is 2.14. The zero-order chi connectivity index (χ0) is 10.6. The SMILES string of the molecule is O=C(O)OOC(=O)c1ccccc1O. The fourth-order valence-electron chi connectivity index (χ4n) is 0.765. The number of benzene rings is 1. The van der Waals surface area contributed by atoms with Crippen molar-refractivity contribution < 1.29 is 29.6 Å². The monoisotopic (exact) mass is 198 g/mol. The Morgan fingerprint density at radius 2 is 1.79 bits per heavy atom. The zero-order valence-corrected chi connectivity index (χ0v) is 6.84. The van der Waals surface area contributed by atoms with Gasteiger partial charge < -0.3 is 10.2 Å². The molecule has 0 saturated heterocycles. The van der Waals surface area contributed by atoms with Gasteiger partial charge in [0.1, 0.15) is 11.3 Å². The van der Waals surface area contributed by atoms with Crippen molar-refractivity contribution in [1.29, 1.82) is 0 Å². The van der Waals surface area contributed by atoms with Crippen LogP contribution in [0.15, 0.2) is 24.3 Å². The van der Waals surface area contributed by atoms with E-state index >= 15 is 0 Å². The van der Waals surface area contributed by atoms with Crippen LogP contribution in [0, 0.1) is 0 Å². The Morgan fingerprint density at radius 1 is 1.14 bits per heavy atom. The molecule has 0 saturated carbocycles. The lowest BCUT2D eigenvalue weighted by Crippen LogP contribution is -2.09. The van der Waals surface area contributed by atoms with E-state index in [0.717, 1.165) is 0 Å². The van der Waals surface area contributed by atoms with E-state index in [1.54, 1.807) is 0 Å². The van der Waals surface area contributed by atoms with Crippen LogP contribution in [0.1, 0.15) is 10.4 Å². The van der Waals surface area contributed by atoms with Crippen molar-refractivity contribution >= 4 is 12.1 Å². The van der Waals surface area contributed by atoms with E-state index in [0.29, 0.717) is 0 Å². The molecule has 0 fully saturated rings. The van der Waals surface area contributed by atoms with E-state index in [2.05, 4.69) is 9.78 Å². The molecule has 2 N–H and O–H groups in total. The summed E-state index contributed by atoms with van der Waals surface area (Å²) in [4.78, 5) is 28.3. The Bertz CT molecular complexity index is 359. The number of carboxylic acid groups (broad SMARTS) is 1. The van der Waals surface area contributed by atoms with Gasteiger partial charge in [0.25, 0.3) is 0 Å². The van der Waals surface area contributed by atoms with Crippen LogP contribution in [0.3, 0.4) is 0 Å². The van der Waals surface area contributed by atoms with Gasteiger partial charge in [-0.2, -0.15) is 0 Å². The van der Waals surface area contributed by atoms with Crippen molar-refractivity contribution in [3.8, 4) is 5.75 Å². The molecular formula is C8H6O6. The standard InChI is InChI=1S/C8H6O6/c9-6-4-2-1-3-5(6)7(10)13-14-8(11)12/h1-4,9H,(H,11,12). The van der Waals surface area contributed by atoms with Crippen molar-refractivity contribution in [3.05, 3.63) is 29.8 Å². The Labute approximate surface area is 78.2 Å². The summed E-state index contributed by atoms with van der Waals surface area (Å²) in [5.74, 6) is -1.39. The number of rotatable bonds is 1. The molecule has 1 aromatic rings. The molecule has 1 aromatic carbocycles. The van der Waals surface area contributed by atoms with Gasteiger partial charge in [0, 0.05) is 0 Å². The minimum atomic E-state index is -1.74.